The molecule has 0 spiro atoms. The van der Waals surface area contributed by atoms with Gasteiger partial charge < -0.3 is 9.84 Å². The summed E-state index contributed by atoms with van der Waals surface area (Å²) in [4.78, 5) is 11.4. The van der Waals surface area contributed by atoms with Gasteiger partial charge in [0.25, 0.3) is 0 Å². The topological polar surface area (TPSA) is 58.6 Å². The first-order valence-corrected chi connectivity index (χ1v) is 5.39. The summed E-state index contributed by atoms with van der Waals surface area (Å²) in [7, 11) is 0. The van der Waals surface area contributed by atoms with Gasteiger partial charge in [-0.2, -0.15) is 13.2 Å². The summed E-state index contributed by atoms with van der Waals surface area (Å²) in [5.74, 6) is -0.540. The van der Waals surface area contributed by atoms with Gasteiger partial charge in [-0.1, -0.05) is 0 Å². The number of phenols is 1. The van der Waals surface area contributed by atoms with Crippen molar-refractivity contribution < 1.29 is 27.8 Å². The molecule has 0 bridgehead atoms. The van der Waals surface area contributed by atoms with Crippen LogP contribution in [0.1, 0.15) is 26.3 Å². The molecular formula is C12H14F3NO3. The Morgan fingerprint density at radius 3 is 2.32 bits per heavy atom. The largest absolute Gasteiger partial charge is 0.508 e. The summed E-state index contributed by atoms with van der Waals surface area (Å²) < 4.78 is 43.0. The van der Waals surface area contributed by atoms with Gasteiger partial charge in [-0.25, -0.2) is 4.79 Å². The lowest BCUT2D eigenvalue weighted by atomic mass is 10.1. The predicted octanol–water partition coefficient (Wildman–Crippen LogP) is 3.76. The number of anilines is 1. The van der Waals surface area contributed by atoms with Gasteiger partial charge in [0.2, 0.25) is 0 Å². The van der Waals surface area contributed by atoms with Crippen molar-refractivity contribution in [2.24, 2.45) is 0 Å². The number of phenolic OH excluding ortho intramolecular Hbond substituents is 1. The number of aromatic hydroxyl groups is 1. The Kier molecular flexibility index (Phi) is 3.97. The van der Waals surface area contributed by atoms with E-state index in [-0.39, 0.29) is 0 Å². The van der Waals surface area contributed by atoms with Crippen LogP contribution in [0.5, 0.6) is 5.75 Å². The predicted molar refractivity (Wildman–Crippen MR) is 63.0 cm³/mol. The van der Waals surface area contributed by atoms with E-state index in [2.05, 4.69) is 0 Å². The van der Waals surface area contributed by atoms with Crippen molar-refractivity contribution in [3.63, 3.8) is 0 Å². The molecule has 0 aromatic heterocycles. The lowest BCUT2D eigenvalue weighted by Crippen LogP contribution is -2.28. The van der Waals surface area contributed by atoms with Crippen LogP contribution in [0.3, 0.4) is 0 Å². The summed E-state index contributed by atoms with van der Waals surface area (Å²) in [6, 6.07) is 2.54. The highest BCUT2D eigenvalue weighted by molar-refractivity contribution is 5.86. The molecule has 19 heavy (non-hydrogen) atoms. The number of halogens is 3. The lowest BCUT2D eigenvalue weighted by Gasteiger charge is -2.21. The van der Waals surface area contributed by atoms with E-state index >= 15 is 0 Å². The Hall–Kier alpha value is -1.92. The highest BCUT2D eigenvalue weighted by Crippen LogP contribution is 2.37. The molecule has 0 atom stereocenters. The van der Waals surface area contributed by atoms with Crippen molar-refractivity contribution in [1.29, 1.82) is 0 Å². The number of hydrogen-bond acceptors (Lipinski definition) is 3. The average Bonchev–Trinajstić information content (AvgIpc) is 2.16. The van der Waals surface area contributed by atoms with Crippen molar-refractivity contribution in [1.82, 2.24) is 0 Å². The monoisotopic (exact) mass is 277 g/mol. The molecule has 0 fully saturated rings. The normalized spacial score (nSPS) is 12.1. The van der Waals surface area contributed by atoms with Gasteiger partial charge in [-0.05, 0) is 39.0 Å². The molecule has 0 saturated carbocycles. The van der Waals surface area contributed by atoms with E-state index in [4.69, 9.17) is 9.84 Å². The zero-order valence-corrected chi connectivity index (χ0v) is 10.6. The Labute approximate surface area is 108 Å². The molecule has 0 heterocycles. The molecule has 1 aromatic carbocycles. The first kappa shape index (κ1) is 15.1. The van der Waals surface area contributed by atoms with Crippen molar-refractivity contribution in [2.45, 2.75) is 32.5 Å². The van der Waals surface area contributed by atoms with Crippen LogP contribution in [0.2, 0.25) is 0 Å². The summed E-state index contributed by atoms with van der Waals surface area (Å²) in [5.41, 5.74) is -2.43. The molecule has 0 aliphatic heterocycles. The fourth-order valence-electron chi connectivity index (χ4n) is 1.29. The Morgan fingerprint density at radius 2 is 1.84 bits per heavy atom. The summed E-state index contributed by atoms with van der Waals surface area (Å²) >= 11 is 0. The standard InChI is InChI=1S/C12H14F3NO3/c1-11(2,3)19-10(18)16-9-5-4-7(17)6-8(9)12(13,14)15/h4-6,17H,1-3H3,(H,16,18). The smallest absolute Gasteiger partial charge is 0.418 e. The molecular weight excluding hydrogens is 263 g/mol. The second-order valence-corrected chi connectivity index (χ2v) is 4.85. The van der Waals surface area contributed by atoms with E-state index in [0.717, 1.165) is 12.1 Å². The van der Waals surface area contributed by atoms with Crippen molar-refractivity contribution in [2.75, 3.05) is 5.32 Å². The maximum atomic E-state index is 12.7. The fourth-order valence-corrected chi connectivity index (χ4v) is 1.29. The van der Waals surface area contributed by atoms with Crippen molar-refractivity contribution in [3.05, 3.63) is 23.8 Å². The lowest BCUT2D eigenvalue weighted by molar-refractivity contribution is -0.137. The molecule has 0 aliphatic carbocycles. The van der Waals surface area contributed by atoms with E-state index in [0.29, 0.717) is 6.07 Å². The van der Waals surface area contributed by atoms with E-state index in [1.165, 1.54) is 0 Å². The first-order chi connectivity index (χ1) is 8.49. The van der Waals surface area contributed by atoms with Gasteiger partial charge in [0, 0.05) is 0 Å². The third-order valence-electron chi connectivity index (χ3n) is 1.94. The minimum atomic E-state index is -4.69. The Bertz CT molecular complexity index is 478. The maximum absolute atomic E-state index is 12.7. The third kappa shape index (κ3) is 4.69. The quantitative estimate of drug-likeness (QED) is 0.768. The SMILES string of the molecule is CC(C)(C)OC(=O)Nc1ccc(O)cc1C(F)(F)F. The van der Waals surface area contributed by atoms with Gasteiger partial charge in [0.1, 0.15) is 11.4 Å². The van der Waals surface area contributed by atoms with Gasteiger partial charge in [0.15, 0.2) is 0 Å². The van der Waals surface area contributed by atoms with Crippen molar-refractivity contribution in [3.8, 4) is 5.75 Å². The van der Waals surface area contributed by atoms with Crippen LogP contribution in [0.25, 0.3) is 0 Å². The van der Waals surface area contributed by atoms with Crippen LogP contribution in [-0.4, -0.2) is 16.8 Å². The van der Waals surface area contributed by atoms with Crippen LogP contribution in [0.4, 0.5) is 23.7 Å². The van der Waals surface area contributed by atoms with E-state index < -0.39 is 34.9 Å². The maximum Gasteiger partial charge on any atom is 0.418 e. The second-order valence-electron chi connectivity index (χ2n) is 4.85. The van der Waals surface area contributed by atoms with Crippen LogP contribution in [0, 0.1) is 0 Å². The summed E-state index contributed by atoms with van der Waals surface area (Å²) in [6.45, 7) is 4.77. The van der Waals surface area contributed by atoms with Crippen LogP contribution in [-0.2, 0) is 10.9 Å². The number of ether oxygens (including phenoxy) is 1. The van der Waals surface area contributed by atoms with Crippen molar-refractivity contribution >= 4 is 11.8 Å². The van der Waals surface area contributed by atoms with Gasteiger partial charge in [0.05, 0.1) is 11.3 Å². The Balaban J connectivity index is 2.99. The fraction of sp³-hybridized carbons (Fsp3) is 0.417. The molecule has 4 nitrogen and oxygen atoms in total. The number of nitrogens with one attached hydrogen (secondary N) is 1. The number of hydrogen-bond donors (Lipinski definition) is 2. The number of benzene rings is 1. The minimum Gasteiger partial charge on any atom is -0.508 e. The number of amides is 1. The molecule has 1 amide bonds. The molecule has 1 aromatic rings. The van der Waals surface area contributed by atoms with Gasteiger partial charge >= 0.3 is 12.3 Å². The zero-order chi connectivity index (χ0) is 14.8. The number of rotatable bonds is 1. The third-order valence-corrected chi connectivity index (χ3v) is 1.94. The van der Waals surface area contributed by atoms with Crippen LogP contribution < -0.4 is 5.32 Å². The highest BCUT2D eigenvalue weighted by Gasteiger charge is 2.34. The molecule has 2 N–H and O–H groups in total. The number of carbonyl (C=O) groups is 1. The Morgan fingerprint density at radius 1 is 1.26 bits per heavy atom. The van der Waals surface area contributed by atoms with E-state index in [1.807, 2.05) is 5.32 Å². The molecule has 0 aliphatic rings. The molecule has 7 heteroatoms. The van der Waals surface area contributed by atoms with Gasteiger partial charge in [-0.3, -0.25) is 5.32 Å². The molecule has 106 valence electrons. The summed E-state index contributed by atoms with van der Waals surface area (Å²) in [6.07, 6.45) is -5.69. The van der Waals surface area contributed by atoms with E-state index in [1.54, 1.807) is 20.8 Å². The number of carbonyl (C=O) groups excluding carboxylic acids is 1. The molecule has 0 unspecified atom stereocenters. The highest BCUT2D eigenvalue weighted by atomic mass is 19.4. The first-order valence-electron chi connectivity index (χ1n) is 5.39. The average molecular weight is 277 g/mol. The van der Waals surface area contributed by atoms with Crippen LogP contribution in [0.15, 0.2) is 18.2 Å². The molecule has 0 saturated heterocycles. The number of alkyl halides is 3. The zero-order valence-electron chi connectivity index (χ0n) is 10.6. The molecule has 1 rings (SSSR count). The molecule has 0 radical (unpaired) electrons. The second kappa shape index (κ2) is 4.99. The van der Waals surface area contributed by atoms with Crippen LogP contribution >= 0.6 is 0 Å². The van der Waals surface area contributed by atoms with E-state index in [9.17, 15) is 18.0 Å². The van der Waals surface area contributed by atoms with Gasteiger partial charge in [-0.15, -0.1) is 0 Å². The summed E-state index contributed by atoms with van der Waals surface area (Å²) in [5, 5.41) is 11.1. The minimum absolute atomic E-state index is 0.473.